The Balaban J connectivity index is 0.000000262. The van der Waals surface area contributed by atoms with E-state index in [1.165, 1.54) is 29.2 Å². The molecule has 4 aliphatic heterocycles. The van der Waals surface area contributed by atoms with Crippen molar-refractivity contribution < 1.29 is 64.4 Å². The molecule has 12 nitrogen and oxygen atoms in total. The molecule has 4 aliphatic rings. The first-order chi connectivity index (χ1) is 29.3. The van der Waals surface area contributed by atoms with Gasteiger partial charge in [0.15, 0.2) is 6.10 Å². The second-order valence-electron chi connectivity index (χ2n) is 16.2. The lowest BCUT2D eigenvalue weighted by Crippen LogP contribution is -2.55. The number of nitrogens with zero attached hydrogens (tertiary/aromatic N) is 3. The molecule has 348 valence electrons. The summed E-state index contributed by atoms with van der Waals surface area (Å²) in [6.07, 6.45) is -6.94. The second-order valence-corrected chi connectivity index (χ2v) is 17.0. The summed E-state index contributed by atoms with van der Waals surface area (Å²) in [5, 5.41) is 3.34. The number of halogens is 8. The molecular weight excluding hydrogens is 873 g/mol. The fraction of sp³-hybridized carbons (Fsp3) is 0.643. The maximum atomic E-state index is 13.0. The van der Waals surface area contributed by atoms with Crippen LogP contribution in [0.1, 0.15) is 57.6 Å². The van der Waals surface area contributed by atoms with Crippen LogP contribution >= 0.6 is 23.2 Å². The fourth-order valence-electron chi connectivity index (χ4n) is 7.13. The lowest BCUT2D eigenvalue weighted by atomic mass is 9.98. The van der Waals surface area contributed by atoms with E-state index in [-0.39, 0.29) is 42.1 Å². The van der Waals surface area contributed by atoms with Crippen molar-refractivity contribution in [1.82, 2.24) is 20.0 Å². The van der Waals surface area contributed by atoms with Gasteiger partial charge in [-0.2, -0.15) is 26.3 Å². The highest BCUT2D eigenvalue weighted by Crippen LogP contribution is 2.32. The summed E-state index contributed by atoms with van der Waals surface area (Å²) in [5.41, 5.74) is -2.04. The molecule has 1 N–H and O–H groups in total. The van der Waals surface area contributed by atoms with Crippen LogP contribution in [0.4, 0.5) is 31.1 Å². The molecule has 0 aromatic heterocycles. The Bertz CT molecular complexity index is 1700. The topological polar surface area (TPSA) is 119 Å². The minimum absolute atomic E-state index is 0.00331. The number of benzene rings is 2. The summed E-state index contributed by atoms with van der Waals surface area (Å²) >= 11 is 9.53. The van der Waals surface area contributed by atoms with E-state index in [0.29, 0.717) is 70.6 Å². The lowest BCUT2D eigenvalue weighted by Gasteiger charge is -2.38. The third kappa shape index (κ3) is 16.8. The SMILES string of the molecule is CC(C)(C)OC(=O)N1CCOC(C(=O)N2CCCC(COc3ccc(C(F)(F)F)cc3)C2)C1.ClCCl.O=C(C1CNCCO1)N1CCCC(COc2ccc(C(F)(F)F)cc2)C1. The monoisotopic (exact) mass is 928 g/mol. The quantitative estimate of drug-likeness (QED) is 0.210. The molecule has 4 unspecified atom stereocenters. The number of alkyl halides is 8. The van der Waals surface area contributed by atoms with Gasteiger partial charge in [-0.15, -0.1) is 23.2 Å². The van der Waals surface area contributed by atoms with Crippen molar-refractivity contribution in [2.75, 3.05) is 84.1 Å². The van der Waals surface area contributed by atoms with Crippen LogP contribution in [0, 0.1) is 11.8 Å². The Morgan fingerprint density at radius 1 is 0.677 bits per heavy atom. The van der Waals surface area contributed by atoms with Crippen LogP contribution in [0.5, 0.6) is 11.5 Å². The molecule has 4 heterocycles. The number of nitrogens with one attached hydrogen (secondary N) is 1. The van der Waals surface area contributed by atoms with Gasteiger partial charge in [-0.3, -0.25) is 9.59 Å². The number of likely N-dealkylation sites (tertiary alicyclic amines) is 2. The zero-order valence-corrected chi connectivity index (χ0v) is 36.6. The molecule has 0 bridgehead atoms. The van der Waals surface area contributed by atoms with Crippen molar-refractivity contribution in [1.29, 1.82) is 0 Å². The molecule has 6 rings (SSSR count). The number of morpholine rings is 2. The van der Waals surface area contributed by atoms with Crippen molar-refractivity contribution in [3.63, 3.8) is 0 Å². The van der Waals surface area contributed by atoms with Crippen molar-refractivity contribution >= 4 is 41.1 Å². The maximum absolute atomic E-state index is 13.0. The van der Waals surface area contributed by atoms with Gasteiger partial charge in [0, 0.05) is 57.6 Å². The first kappa shape index (κ1) is 50.9. The normalized spacial score (nSPS) is 22.3. The Hall–Kier alpha value is -3.71. The highest BCUT2D eigenvalue weighted by Gasteiger charge is 2.37. The Morgan fingerprint density at radius 3 is 1.55 bits per heavy atom. The van der Waals surface area contributed by atoms with E-state index in [1.54, 1.807) is 25.7 Å². The molecule has 0 radical (unpaired) electrons. The summed E-state index contributed by atoms with van der Waals surface area (Å²) in [4.78, 5) is 42.9. The molecule has 3 amide bonds. The number of rotatable bonds is 8. The van der Waals surface area contributed by atoms with Gasteiger partial charge in [0.25, 0.3) is 11.8 Å². The summed E-state index contributed by atoms with van der Waals surface area (Å²) in [5.74, 6) is 0.789. The van der Waals surface area contributed by atoms with Crippen LogP contribution in [0.3, 0.4) is 0 Å². The van der Waals surface area contributed by atoms with E-state index in [4.69, 9.17) is 46.9 Å². The van der Waals surface area contributed by atoms with Gasteiger partial charge in [-0.05, 0) is 95.0 Å². The van der Waals surface area contributed by atoms with E-state index in [9.17, 15) is 40.7 Å². The van der Waals surface area contributed by atoms with E-state index >= 15 is 0 Å². The number of carbonyl (C=O) groups excluding carboxylic acids is 3. The maximum Gasteiger partial charge on any atom is 0.416 e. The van der Waals surface area contributed by atoms with Gasteiger partial charge in [0.2, 0.25) is 0 Å². The standard InChI is InChI=1S/C23H31F3N2O5.C18H23F3N2O3.CH2Cl2/c1-22(2,3)33-21(30)28-11-12-31-19(14-28)20(29)27-10-4-5-16(13-27)15-32-18-8-6-17(7-9-18)23(24,25)26;19-18(20,21)14-3-5-15(6-4-14)26-12-13-2-1-8-23(11-13)17(24)16-10-22-7-9-25-16;2-1-3/h6-9,16,19H,4-5,10-15H2,1-3H3;3-6,13,16,22H,1-2,7-12H2;1H2. The van der Waals surface area contributed by atoms with Crippen molar-refractivity contribution in [3.8, 4) is 11.5 Å². The number of ether oxygens (including phenoxy) is 5. The molecule has 20 heteroatoms. The van der Waals surface area contributed by atoms with Crippen molar-refractivity contribution in [2.24, 2.45) is 11.8 Å². The van der Waals surface area contributed by atoms with Crippen molar-refractivity contribution in [3.05, 3.63) is 59.7 Å². The second kappa shape index (κ2) is 23.8. The highest BCUT2D eigenvalue weighted by atomic mass is 35.5. The fourth-order valence-corrected chi connectivity index (χ4v) is 7.13. The molecule has 0 aliphatic carbocycles. The minimum atomic E-state index is -4.39. The molecule has 0 spiro atoms. The number of hydrogen-bond donors (Lipinski definition) is 1. The van der Waals surface area contributed by atoms with Crippen LogP contribution in [-0.4, -0.2) is 135 Å². The predicted octanol–water partition coefficient (Wildman–Crippen LogP) is 7.69. The van der Waals surface area contributed by atoms with E-state index in [2.05, 4.69) is 5.32 Å². The molecule has 2 aromatic carbocycles. The molecular formula is C42H56Cl2F6N4O8. The summed E-state index contributed by atoms with van der Waals surface area (Å²) in [6, 6.07) is 9.27. The third-order valence-corrected chi connectivity index (χ3v) is 10.2. The van der Waals surface area contributed by atoms with E-state index < -0.39 is 47.4 Å². The smallest absolute Gasteiger partial charge is 0.416 e. The zero-order valence-electron chi connectivity index (χ0n) is 35.1. The number of piperidine rings is 2. The molecule has 0 saturated carbocycles. The average molecular weight is 930 g/mol. The molecule has 62 heavy (non-hydrogen) atoms. The van der Waals surface area contributed by atoms with Gasteiger partial charge in [-0.25, -0.2) is 4.79 Å². The highest BCUT2D eigenvalue weighted by molar-refractivity contribution is 6.40. The number of amides is 3. The first-order valence-electron chi connectivity index (χ1n) is 20.5. The average Bonchev–Trinajstić information content (AvgIpc) is 3.24. The lowest BCUT2D eigenvalue weighted by molar-refractivity contribution is -0.151. The molecule has 4 saturated heterocycles. The van der Waals surface area contributed by atoms with Crippen LogP contribution in [-0.2, 0) is 36.2 Å². The van der Waals surface area contributed by atoms with Gasteiger partial charge < -0.3 is 43.7 Å². The van der Waals surface area contributed by atoms with Crippen LogP contribution in [0.25, 0.3) is 0 Å². The molecule has 2 aromatic rings. The summed E-state index contributed by atoms with van der Waals surface area (Å²) in [7, 11) is 0. The zero-order chi connectivity index (χ0) is 45.5. The predicted molar refractivity (Wildman–Crippen MR) is 219 cm³/mol. The Kier molecular flexibility index (Phi) is 19.6. The number of carbonyl (C=O) groups is 3. The molecule has 4 fully saturated rings. The Labute approximate surface area is 368 Å². The largest absolute Gasteiger partial charge is 0.493 e. The van der Waals surface area contributed by atoms with E-state index in [0.717, 1.165) is 56.5 Å². The Morgan fingerprint density at radius 2 is 1.13 bits per heavy atom. The van der Waals surface area contributed by atoms with Crippen LogP contribution in [0.15, 0.2) is 48.5 Å². The van der Waals surface area contributed by atoms with Gasteiger partial charge >= 0.3 is 18.4 Å². The van der Waals surface area contributed by atoms with Gasteiger partial charge in [0.05, 0.1) is 49.4 Å². The first-order valence-corrected chi connectivity index (χ1v) is 21.6. The third-order valence-electron chi connectivity index (χ3n) is 10.2. The van der Waals surface area contributed by atoms with Crippen LogP contribution < -0.4 is 14.8 Å². The van der Waals surface area contributed by atoms with E-state index in [1.807, 2.05) is 4.90 Å². The van der Waals surface area contributed by atoms with Gasteiger partial charge in [-0.1, -0.05) is 0 Å². The van der Waals surface area contributed by atoms with Gasteiger partial charge in [0.1, 0.15) is 23.2 Å². The molecule has 4 atom stereocenters. The van der Waals surface area contributed by atoms with Crippen LogP contribution in [0.2, 0.25) is 0 Å². The minimum Gasteiger partial charge on any atom is -0.493 e. The van der Waals surface area contributed by atoms with Crippen molar-refractivity contribution in [2.45, 2.75) is 76.6 Å². The summed E-state index contributed by atoms with van der Waals surface area (Å²) in [6.45, 7) is 10.9. The summed E-state index contributed by atoms with van der Waals surface area (Å²) < 4.78 is 104. The number of hydrogen-bond acceptors (Lipinski definition) is 9.